The summed E-state index contributed by atoms with van der Waals surface area (Å²) in [5, 5.41) is 0. The van der Waals surface area contributed by atoms with Gasteiger partial charge in [-0.05, 0) is 67.5 Å². The maximum atomic E-state index is 4.94. The lowest BCUT2D eigenvalue weighted by atomic mass is 9.55. The van der Waals surface area contributed by atoms with Gasteiger partial charge in [0.05, 0.1) is 0 Å². The number of rotatable bonds is 5. The molecular formula is C45H37N3. The van der Waals surface area contributed by atoms with Crippen molar-refractivity contribution in [3.05, 3.63) is 163 Å². The summed E-state index contributed by atoms with van der Waals surface area (Å²) in [6.07, 6.45) is 0. The van der Waals surface area contributed by atoms with E-state index in [1.807, 2.05) is 60.7 Å². The maximum absolute atomic E-state index is 4.94. The minimum Gasteiger partial charge on any atom is -0.208 e. The maximum Gasteiger partial charge on any atom is 0.164 e. The van der Waals surface area contributed by atoms with Crippen LogP contribution in [0.4, 0.5) is 0 Å². The second-order valence-electron chi connectivity index (χ2n) is 13.8. The molecule has 0 saturated carbocycles. The van der Waals surface area contributed by atoms with Gasteiger partial charge in [0, 0.05) is 16.7 Å². The topological polar surface area (TPSA) is 38.7 Å². The van der Waals surface area contributed by atoms with Crippen LogP contribution in [0.15, 0.2) is 152 Å². The highest BCUT2D eigenvalue weighted by Gasteiger charge is 2.45. The Kier molecular flexibility index (Phi) is 7.14. The van der Waals surface area contributed by atoms with E-state index in [0.29, 0.717) is 17.5 Å². The molecule has 232 valence electrons. The quantitative estimate of drug-likeness (QED) is 0.192. The molecule has 7 aromatic rings. The van der Waals surface area contributed by atoms with E-state index in [4.69, 9.17) is 15.0 Å². The highest BCUT2D eigenvalue weighted by Crippen LogP contribution is 2.54. The van der Waals surface area contributed by atoms with Gasteiger partial charge in [-0.15, -0.1) is 0 Å². The SMILES string of the molecule is CC1(C)c2ccccc2-c2ccc(-c3ccc(-c4cccc(-c5nc(-c6ccccc6)nc(-c6ccccc6)n5)c4)cc3)cc2C1(C)C. The van der Waals surface area contributed by atoms with E-state index in [-0.39, 0.29) is 10.8 Å². The first-order valence-electron chi connectivity index (χ1n) is 16.6. The summed E-state index contributed by atoms with van der Waals surface area (Å²) in [5.41, 5.74) is 13.1. The molecule has 0 fully saturated rings. The zero-order valence-electron chi connectivity index (χ0n) is 27.8. The lowest BCUT2D eigenvalue weighted by Gasteiger charge is -2.48. The molecule has 0 amide bonds. The predicted octanol–water partition coefficient (Wildman–Crippen LogP) is 11.4. The van der Waals surface area contributed by atoms with Crippen molar-refractivity contribution in [1.29, 1.82) is 0 Å². The zero-order chi connectivity index (χ0) is 32.9. The van der Waals surface area contributed by atoms with Gasteiger partial charge in [0.25, 0.3) is 0 Å². The zero-order valence-corrected chi connectivity index (χ0v) is 27.8. The minimum atomic E-state index is -0.0249. The molecule has 6 aromatic carbocycles. The lowest BCUT2D eigenvalue weighted by Crippen LogP contribution is -2.43. The molecule has 0 spiro atoms. The second kappa shape index (κ2) is 11.5. The summed E-state index contributed by atoms with van der Waals surface area (Å²) in [6, 6.07) is 53.5. The highest BCUT2D eigenvalue weighted by atomic mass is 15.0. The van der Waals surface area contributed by atoms with Crippen LogP contribution in [0.1, 0.15) is 38.8 Å². The predicted molar refractivity (Wildman–Crippen MR) is 198 cm³/mol. The standard InChI is InChI=1S/C45H37N3/c1-44(2)39-21-12-11-20-37(39)38-27-26-35(29-40(38)45(44,3)4)31-24-22-30(23-25-31)34-18-13-19-36(28-34)43-47-41(32-14-7-5-8-15-32)46-42(48-43)33-16-9-6-10-17-33/h5-29H,1-4H3. The van der Waals surface area contributed by atoms with Gasteiger partial charge in [-0.25, -0.2) is 15.0 Å². The van der Waals surface area contributed by atoms with Crippen molar-refractivity contribution in [3.63, 3.8) is 0 Å². The molecule has 3 nitrogen and oxygen atoms in total. The van der Waals surface area contributed by atoms with Crippen LogP contribution < -0.4 is 0 Å². The normalized spacial score (nSPS) is 14.2. The highest BCUT2D eigenvalue weighted by molar-refractivity contribution is 5.81. The van der Waals surface area contributed by atoms with Crippen LogP contribution >= 0.6 is 0 Å². The van der Waals surface area contributed by atoms with Crippen LogP contribution in [0.2, 0.25) is 0 Å². The van der Waals surface area contributed by atoms with Crippen molar-refractivity contribution in [2.45, 2.75) is 38.5 Å². The molecule has 1 aliphatic rings. The first-order chi connectivity index (χ1) is 23.3. The summed E-state index contributed by atoms with van der Waals surface area (Å²) in [4.78, 5) is 14.7. The summed E-state index contributed by atoms with van der Waals surface area (Å²) >= 11 is 0. The monoisotopic (exact) mass is 619 g/mol. The van der Waals surface area contributed by atoms with Crippen LogP contribution in [0, 0.1) is 0 Å². The Morgan fingerprint density at radius 1 is 0.312 bits per heavy atom. The number of benzene rings is 6. The Labute approximate surface area is 283 Å². The van der Waals surface area contributed by atoms with Gasteiger partial charge in [-0.1, -0.05) is 167 Å². The molecule has 8 rings (SSSR count). The Balaban J connectivity index is 1.14. The Bertz CT molecular complexity index is 2210. The van der Waals surface area contributed by atoms with Crippen LogP contribution in [-0.4, -0.2) is 15.0 Å². The van der Waals surface area contributed by atoms with E-state index in [9.17, 15) is 0 Å². The van der Waals surface area contributed by atoms with Crippen molar-refractivity contribution in [2.75, 3.05) is 0 Å². The van der Waals surface area contributed by atoms with E-state index in [0.717, 1.165) is 27.8 Å². The van der Waals surface area contributed by atoms with Crippen LogP contribution in [0.3, 0.4) is 0 Å². The van der Waals surface area contributed by atoms with Gasteiger partial charge in [0.15, 0.2) is 17.5 Å². The third-order valence-corrected chi connectivity index (χ3v) is 10.5. The van der Waals surface area contributed by atoms with Crippen molar-refractivity contribution in [3.8, 4) is 67.5 Å². The summed E-state index contributed by atoms with van der Waals surface area (Å²) in [5.74, 6) is 1.98. The molecular weight excluding hydrogens is 583 g/mol. The van der Waals surface area contributed by atoms with Crippen LogP contribution in [0.5, 0.6) is 0 Å². The largest absolute Gasteiger partial charge is 0.208 e. The van der Waals surface area contributed by atoms with E-state index in [1.165, 1.54) is 33.4 Å². The van der Waals surface area contributed by atoms with Crippen molar-refractivity contribution in [1.82, 2.24) is 15.0 Å². The van der Waals surface area contributed by atoms with Crippen LogP contribution in [-0.2, 0) is 10.8 Å². The molecule has 0 aliphatic heterocycles. The smallest absolute Gasteiger partial charge is 0.164 e. The van der Waals surface area contributed by atoms with Crippen LogP contribution in [0.25, 0.3) is 67.5 Å². The molecule has 1 heterocycles. The summed E-state index contributed by atoms with van der Waals surface area (Å²) in [6.45, 7) is 9.54. The molecule has 1 aromatic heterocycles. The van der Waals surface area contributed by atoms with Gasteiger partial charge >= 0.3 is 0 Å². The number of fused-ring (bicyclic) bond motifs is 3. The molecule has 48 heavy (non-hydrogen) atoms. The van der Waals surface area contributed by atoms with Crippen molar-refractivity contribution >= 4 is 0 Å². The first-order valence-corrected chi connectivity index (χ1v) is 16.6. The number of aromatic nitrogens is 3. The van der Waals surface area contributed by atoms with Gasteiger partial charge in [-0.2, -0.15) is 0 Å². The molecule has 0 bridgehead atoms. The fourth-order valence-electron chi connectivity index (χ4n) is 7.04. The third-order valence-electron chi connectivity index (χ3n) is 10.5. The number of nitrogens with zero attached hydrogens (tertiary/aromatic N) is 3. The second-order valence-corrected chi connectivity index (χ2v) is 13.8. The first kappa shape index (κ1) is 29.7. The molecule has 3 heteroatoms. The van der Waals surface area contributed by atoms with Gasteiger partial charge in [0.1, 0.15) is 0 Å². The molecule has 0 radical (unpaired) electrons. The summed E-state index contributed by atoms with van der Waals surface area (Å²) < 4.78 is 0. The lowest BCUT2D eigenvalue weighted by molar-refractivity contribution is 0.299. The molecule has 0 atom stereocenters. The summed E-state index contributed by atoms with van der Waals surface area (Å²) in [7, 11) is 0. The van der Waals surface area contributed by atoms with E-state index < -0.39 is 0 Å². The van der Waals surface area contributed by atoms with Crippen molar-refractivity contribution in [2.24, 2.45) is 0 Å². The van der Waals surface area contributed by atoms with Gasteiger partial charge in [-0.3, -0.25) is 0 Å². The van der Waals surface area contributed by atoms with Gasteiger partial charge < -0.3 is 0 Å². The molecule has 1 aliphatic carbocycles. The molecule has 0 unspecified atom stereocenters. The third kappa shape index (κ3) is 5.03. The Morgan fingerprint density at radius 2 is 0.729 bits per heavy atom. The number of hydrogen-bond acceptors (Lipinski definition) is 3. The van der Waals surface area contributed by atoms with E-state index >= 15 is 0 Å². The average molecular weight is 620 g/mol. The van der Waals surface area contributed by atoms with Gasteiger partial charge in [0.2, 0.25) is 0 Å². The minimum absolute atomic E-state index is 0.00629. The Morgan fingerprint density at radius 3 is 1.33 bits per heavy atom. The van der Waals surface area contributed by atoms with E-state index in [1.54, 1.807) is 0 Å². The van der Waals surface area contributed by atoms with Crippen molar-refractivity contribution < 1.29 is 0 Å². The van der Waals surface area contributed by atoms with E-state index in [2.05, 4.69) is 119 Å². The Hall–Kier alpha value is -5.67. The fraction of sp³-hybridized carbons (Fsp3) is 0.133. The number of hydrogen-bond donors (Lipinski definition) is 0. The average Bonchev–Trinajstić information content (AvgIpc) is 3.15. The fourth-order valence-corrected chi connectivity index (χ4v) is 7.04. The molecule has 0 N–H and O–H groups in total. The molecule has 0 saturated heterocycles.